The van der Waals surface area contributed by atoms with E-state index < -0.39 is 0 Å². The van der Waals surface area contributed by atoms with Gasteiger partial charge in [0.1, 0.15) is 0 Å². The molecule has 0 amide bonds. The molecule has 0 aliphatic rings. The lowest BCUT2D eigenvalue weighted by Crippen LogP contribution is -2.33. The van der Waals surface area contributed by atoms with Crippen molar-refractivity contribution in [2.75, 3.05) is 25.0 Å². The first kappa shape index (κ1) is 12.9. The van der Waals surface area contributed by atoms with Crippen LogP contribution in [-0.4, -0.2) is 36.1 Å². The summed E-state index contributed by atoms with van der Waals surface area (Å²) in [5.74, 6) is 0.808. The molecular formula is C12H22N4. The molecule has 0 unspecified atom stereocenters. The standard InChI is InChI=1S/C12H22N4/c1-9(2)13-6-7-16(5)12-14-10(3)8-11(4)15-12/h8-9,13H,6-7H2,1-5H3. The van der Waals surface area contributed by atoms with Crippen molar-refractivity contribution < 1.29 is 0 Å². The topological polar surface area (TPSA) is 41.1 Å². The quantitative estimate of drug-likeness (QED) is 0.820. The van der Waals surface area contributed by atoms with Crippen LogP contribution in [-0.2, 0) is 0 Å². The highest BCUT2D eigenvalue weighted by atomic mass is 15.2. The summed E-state index contributed by atoms with van der Waals surface area (Å²) in [6.45, 7) is 10.2. The van der Waals surface area contributed by atoms with Crippen LogP contribution in [0.15, 0.2) is 6.07 Å². The first-order valence-electron chi connectivity index (χ1n) is 5.76. The van der Waals surface area contributed by atoms with Crippen molar-refractivity contribution >= 4 is 5.95 Å². The van der Waals surface area contributed by atoms with Crippen molar-refractivity contribution in [3.8, 4) is 0 Å². The lowest BCUT2D eigenvalue weighted by molar-refractivity contribution is 0.587. The van der Waals surface area contributed by atoms with Crippen LogP contribution in [0.25, 0.3) is 0 Å². The van der Waals surface area contributed by atoms with E-state index in [2.05, 4.69) is 34.0 Å². The molecule has 0 aliphatic carbocycles. The van der Waals surface area contributed by atoms with Gasteiger partial charge in [0.05, 0.1) is 0 Å². The first-order chi connectivity index (χ1) is 7.49. The van der Waals surface area contributed by atoms with Gasteiger partial charge in [-0.1, -0.05) is 13.8 Å². The van der Waals surface area contributed by atoms with Gasteiger partial charge < -0.3 is 10.2 Å². The molecule has 4 heteroatoms. The minimum Gasteiger partial charge on any atom is -0.343 e. The molecule has 0 bridgehead atoms. The zero-order valence-electron chi connectivity index (χ0n) is 10.9. The maximum Gasteiger partial charge on any atom is 0.225 e. The molecule has 0 saturated carbocycles. The summed E-state index contributed by atoms with van der Waals surface area (Å²) in [5.41, 5.74) is 2.04. The zero-order valence-corrected chi connectivity index (χ0v) is 10.9. The molecular weight excluding hydrogens is 200 g/mol. The van der Waals surface area contributed by atoms with E-state index in [9.17, 15) is 0 Å². The van der Waals surface area contributed by atoms with Gasteiger partial charge in [-0.15, -0.1) is 0 Å². The monoisotopic (exact) mass is 222 g/mol. The van der Waals surface area contributed by atoms with Crippen molar-refractivity contribution in [3.05, 3.63) is 17.5 Å². The lowest BCUT2D eigenvalue weighted by atomic mass is 10.3. The SMILES string of the molecule is Cc1cc(C)nc(N(C)CCNC(C)C)n1. The predicted octanol–water partition coefficient (Wildman–Crippen LogP) is 1.53. The Morgan fingerprint density at radius 2 is 1.81 bits per heavy atom. The van der Waals surface area contributed by atoms with Crippen LogP contribution in [0.5, 0.6) is 0 Å². The molecule has 1 rings (SSSR count). The molecule has 16 heavy (non-hydrogen) atoms. The number of rotatable bonds is 5. The second kappa shape index (κ2) is 5.80. The Morgan fingerprint density at radius 3 is 2.31 bits per heavy atom. The number of hydrogen-bond donors (Lipinski definition) is 1. The minimum atomic E-state index is 0.522. The van der Waals surface area contributed by atoms with Gasteiger partial charge in [0.2, 0.25) is 5.95 Å². The summed E-state index contributed by atoms with van der Waals surface area (Å²) in [7, 11) is 2.02. The summed E-state index contributed by atoms with van der Waals surface area (Å²) < 4.78 is 0. The summed E-state index contributed by atoms with van der Waals surface area (Å²) in [4.78, 5) is 10.9. The van der Waals surface area contributed by atoms with Crippen LogP contribution < -0.4 is 10.2 Å². The number of aromatic nitrogens is 2. The van der Waals surface area contributed by atoms with Crippen LogP contribution >= 0.6 is 0 Å². The van der Waals surface area contributed by atoms with Gasteiger partial charge in [-0.25, -0.2) is 9.97 Å². The number of nitrogens with zero attached hydrogens (tertiary/aromatic N) is 3. The lowest BCUT2D eigenvalue weighted by Gasteiger charge is -2.18. The van der Waals surface area contributed by atoms with Gasteiger partial charge in [0.15, 0.2) is 0 Å². The van der Waals surface area contributed by atoms with Gasteiger partial charge in [0, 0.05) is 37.6 Å². The van der Waals surface area contributed by atoms with E-state index in [1.807, 2.05) is 27.0 Å². The van der Waals surface area contributed by atoms with E-state index in [4.69, 9.17) is 0 Å². The predicted molar refractivity (Wildman–Crippen MR) is 67.9 cm³/mol. The van der Waals surface area contributed by atoms with Gasteiger partial charge in [-0.05, 0) is 19.9 Å². The van der Waals surface area contributed by atoms with Crippen LogP contribution in [0.2, 0.25) is 0 Å². The Balaban J connectivity index is 2.55. The third-order valence-corrected chi connectivity index (χ3v) is 2.31. The molecule has 0 radical (unpaired) electrons. The molecule has 0 aromatic carbocycles. The van der Waals surface area contributed by atoms with E-state index in [1.54, 1.807) is 0 Å². The highest BCUT2D eigenvalue weighted by Gasteiger charge is 2.05. The molecule has 1 N–H and O–H groups in total. The van der Waals surface area contributed by atoms with Crippen LogP contribution in [0.4, 0.5) is 5.95 Å². The number of anilines is 1. The molecule has 1 heterocycles. The molecule has 0 atom stereocenters. The smallest absolute Gasteiger partial charge is 0.225 e. The van der Waals surface area contributed by atoms with Gasteiger partial charge in [-0.3, -0.25) is 0 Å². The summed E-state index contributed by atoms with van der Waals surface area (Å²) >= 11 is 0. The Kier molecular flexibility index (Phi) is 4.68. The largest absolute Gasteiger partial charge is 0.343 e. The van der Waals surface area contributed by atoms with Crippen LogP contribution in [0.3, 0.4) is 0 Å². The van der Waals surface area contributed by atoms with E-state index in [0.717, 1.165) is 30.4 Å². The van der Waals surface area contributed by atoms with Crippen LogP contribution in [0, 0.1) is 13.8 Å². The van der Waals surface area contributed by atoms with Gasteiger partial charge >= 0.3 is 0 Å². The molecule has 0 fully saturated rings. The van der Waals surface area contributed by atoms with Gasteiger partial charge in [0.25, 0.3) is 0 Å². The molecule has 0 aliphatic heterocycles. The van der Waals surface area contributed by atoms with E-state index in [-0.39, 0.29) is 0 Å². The third-order valence-electron chi connectivity index (χ3n) is 2.31. The number of hydrogen-bond acceptors (Lipinski definition) is 4. The van der Waals surface area contributed by atoms with Crippen molar-refractivity contribution in [1.82, 2.24) is 15.3 Å². The zero-order chi connectivity index (χ0) is 12.1. The van der Waals surface area contributed by atoms with Crippen molar-refractivity contribution in [2.45, 2.75) is 33.7 Å². The van der Waals surface area contributed by atoms with Gasteiger partial charge in [-0.2, -0.15) is 0 Å². The van der Waals surface area contributed by atoms with Crippen molar-refractivity contribution in [2.24, 2.45) is 0 Å². The molecule has 0 saturated heterocycles. The number of nitrogens with one attached hydrogen (secondary N) is 1. The average Bonchev–Trinajstić information content (AvgIpc) is 2.15. The Bertz CT molecular complexity index is 316. The Morgan fingerprint density at radius 1 is 1.25 bits per heavy atom. The fourth-order valence-electron chi connectivity index (χ4n) is 1.50. The highest BCUT2D eigenvalue weighted by Crippen LogP contribution is 2.07. The van der Waals surface area contributed by atoms with Crippen molar-refractivity contribution in [3.63, 3.8) is 0 Å². The first-order valence-corrected chi connectivity index (χ1v) is 5.76. The molecule has 90 valence electrons. The molecule has 0 spiro atoms. The summed E-state index contributed by atoms with van der Waals surface area (Å²) in [6.07, 6.45) is 0. The van der Waals surface area contributed by atoms with Crippen LogP contribution in [0.1, 0.15) is 25.2 Å². The fraction of sp³-hybridized carbons (Fsp3) is 0.667. The molecule has 1 aromatic heterocycles. The fourth-order valence-corrected chi connectivity index (χ4v) is 1.50. The Hall–Kier alpha value is -1.16. The highest BCUT2D eigenvalue weighted by molar-refractivity contribution is 5.30. The third kappa shape index (κ3) is 4.14. The van der Waals surface area contributed by atoms with E-state index in [1.165, 1.54) is 0 Å². The van der Waals surface area contributed by atoms with E-state index in [0.29, 0.717) is 6.04 Å². The maximum atomic E-state index is 4.42. The normalized spacial score (nSPS) is 10.9. The second-order valence-corrected chi connectivity index (χ2v) is 4.48. The maximum absolute atomic E-state index is 4.42. The number of likely N-dealkylation sites (N-methyl/N-ethyl adjacent to an activating group) is 1. The number of aryl methyl sites for hydroxylation is 2. The molecule has 1 aromatic rings. The molecule has 4 nitrogen and oxygen atoms in total. The average molecular weight is 222 g/mol. The summed E-state index contributed by atoms with van der Waals surface area (Å²) in [5, 5.41) is 3.38. The van der Waals surface area contributed by atoms with E-state index >= 15 is 0 Å². The minimum absolute atomic E-state index is 0.522. The Labute approximate surface area is 98.1 Å². The second-order valence-electron chi connectivity index (χ2n) is 4.48. The summed E-state index contributed by atoms with van der Waals surface area (Å²) in [6, 6.07) is 2.51. The van der Waals surface area contributed by atoms with Crippen molar-refractivity contribution in [1.29, 1.82) is 0 Å².